The molecule has 1 aromatic carbocycles. The summed E-state index contributed by atoms with van der Waals surface area (Å²) in [7, 11) is 2.06. The molecule has 1 heterocycles. The molecule has 1 aromatic rings. The van der Waals surface area contributed by atoms with Crippen LogP contribution < -0.4 is 0 Å². The van der Waals surface area contributed by atoms with Crippen LogP contribution in [0.5, 0.6) is 0 Å². The zero-order valence-electron chi connectivity index (χ0n) is 13.3. The maximum Gasteiger partial charge on any atom is 0.227 e. The number of amides is 1. The van der Waals surface area contributed by atoms with E-state index in [1.54, 1.807) is 4.90 Å². The summed E-state index contributed by atoms with van der Waals surface area (Å²) in [5.74, 6) is 0.230. The van der Waals surface area contributed by atoms with Crippen molar-refractivity contribution in [2.45, 2.75) is 12.8 Å². The van der Waals surface area contributed by atoms with Gasteiger partial charge in [0, 0.05) is 19.6 Å². The molecule has 0 unspecified atom stereocenters. The average Bonchev–Trinajstić information content (AvgIpc) is 2.54. The number of piperidine rings is 1. The van der Waals surface area contributed by atoms with Crippen LogP contribution in [-0.2, 0) is 4.79 Å². The summed E-state index contributed by atoms with van der Waals surface area (Å²) >= 11 is 0. The fourth-order valence-electron chi connectivity index (χ4n) is 2.92. The summed E-state index contributed by atoms with van der Waals surface area (Å²) in [5.41, 5.74) is 1.12. The van der Waals surface area contributed by atoms with Gasteiger partial charge in [-0.05, 0) is 32.0 Å². The minimum Gasteiger partial charge on any atom is -0.395 e. The van der Waals surface area contributed by atoms with Crippen molar-refractivity contribution in [3.63, 3.8) is 0 Å². The number of hydrogen-bond donors (Lipinski definition) is 1. The van der Waals surface area contributed by atoms with E-state index < -0.39 is 0 Å². The van der Waals surface area contributed by atoms with Crippen LogP contribution in [0.15, 0.2) is 36.4 Å². The van der Waals surface area contributed by atoms with Gasteiger partial charge in [0.15, 0.2) is 0 Å². The lowest BCUT2D eigenvalue weighted by Gasteiger charge is -2.32. The highest BCUT2D eigenvalue weighted by Gasteiger charge is 2.27. The van der Waals surface area contributed by atoms with Gasteiger partial charge in [-0.25, -0.2) is 0 Å². The molecule has 4 nitrogen and oxygen atoms in total. The Balaban J connectivity index is 1.93. The Morgan fingerprint density at radius 3 is 2.86 bits per heavy atom. The van der Waals surface area contributed by atoms with E-state index in [-0.39, 0.29) is 18.4 Å². The van der Waals surface area contributed by atoms with Gasteiger partial charge in [-0.3, -0.25) is 4.79 Å². The molecule has 1 amide bonds. The molecular weight excluding hydrogens is 276 g/mol. The highest BCUT2D eigenvalue weighted by atomic mass is 16.3. The van der Waals surface area contributed by atoms with Crippen LogP contribution in [0.4, 0.5) is 0 Å². The summed E-state index contributed by atoms with van der Waals surface area (Å²) in [4.78, 5) is 16.6. The molecule has 1 fully saturated rings. The molecule has 1 atom stereocenters. The molecule has 0 aromatic heterocycles. The van der Waals surface area contributed by atoms with Gasteiger partial charge < -0.3 is 14.9 Å². The Morgan fingerprint density at radius 2 is 2.18 bits per heavy atom. The highest BCUT2D eigenvalue weighted by Crippen LogP contribution is 2.17. The molecule has 0 spiro atoms. The Bertz CT molecular complexity index is 487. The zero-order chi connectivity index (χ0) is 15.8. The molecule has 0 bridgehead atoms. The second kappa shape index (κ2) is 8.71. The number of hydrogen-bond acceptors (Lipinski definition) is 3. The minimum atomic E-state index is 0.00742. The van der Waals surface area contributed by atoms with E-state index in [0.29, 0.717) is 13.1 Å². The van der Waals surface area contributed by atoms with Crippen molar-refractivity contribution >= 4 is 12.0 Å². The molecule has 1 N–H and O–H groups in total. The Labute approximate surface area is 133 Å². The third-order valence-electron chi connectivity index (χ3n) is 4.09. The van der Waals surface area contributed by atoms with Crippen molar-refractivity contribution in [2.75, 3.05) is 39.8 Å². The van der Waals surface area contributed by atoms with Crippen molar-refractivity contribution in [3.8, 4) is 0 Å². The van der Waals surface area contributed by atoms with Crippen LogP contribution in [0.2, 0.25) is 0 Å². The Kier molecular flexibility index (Phi) is 6.62. The van der Waals surface area contributed by atoms with Crippen LogP contribution in [-0.4, -0.2) is 60.6 Å². The van der Waals surface area contributed by atoms with Crippen molar-refractivity contribution in [1.29, 1.82) is 0 Å². The summed E-state index contributed by atoms with van der Waals surface area (Å²) < 4.78 is 0. The molecule has 0 saturated carbocycles. The molecule has 0 radical (unpaired) electrons. The number of likely N-dealkylation sites (tertiary alicyclic amines) is 1. The number of aliphatic hydroxyl groups excluding tert-OH is 1. The maximum atomic E-state index is 12.6. The smallest absolute Gasteiger partial charge is 0.227 e. The topological polar surface area (TPSA) is 43.8 Å². The second-order valence-corrected chi connectivity index (χ2v) is 5.92. The van der Waals surface area contributed by atoms with Crippen molar-refractivity contribution < 1.29 is 9.90 Å². The number of nitrogens with zero attached hydrogens (tertiary/aromatic N) is 2. The fourth-order valence-corrected chi connectivity index (χ4v) is 2.92. The molecule has 0 aliphatic carbocycles. The lowest BCUT2D eigenvalue weighted by atomic mass is 9.97. The van der Waals surface area contributed by atoms with E-state index in [9.17, 15) is 9.90 Å². The van der Waals surface area contributed by atoms with E-state index in [1.165, 1.54) is 0 Å². The number of benzene rings is 1. The molecule has 120 valence electrons. The maximum absolute atomic E-state index is 12.6. The standard InChI is InChI=1S/C18H26N2O2/c1-19-11-6-10-17(15-19)18(22)20(13-14-21)12-5-9-16-7-3-2-4-8-16/h2-5,7-9,17,21H,6,10-15H2,1H3/b9-5+/t17-/m1/s1. The van der Waals surface area contributed by atoms with E-state index in [4.69, 9.17) is 0 Å². The van der Waals surface area contributed by atoms with Crippen molar-refractivity contribution in [2.24, 2.45) is 5.92 Å². The van der Waals surface area contributed by atoms with E-state index in [2.05, 4.69) is 11.9 Å². The normalized spacial score (nSPS) is 19.5. The van der Waals surface area contributed by atoms with Gasteiger partial charge in [0.05, 0.1) is 12.5 Å². The fraction of sp³-hybridized carbons (Fsp3) is 0.500. The third-order valence-corrected chi connectivity index (χ3v) is 4.09. The first-order valence-corrected chi connectivity index (χ1v) is 8.00. The third kappa shape index (κ3) is 4.97. The molecule has 4 heteroatoms. The van der Waals surface area contributed by atoms with Crippen LogP contribution >= 0.6 is 0 Å². The van der Waals surface area contributed by atoms with Gasteiger partial charge in [0.1, 0.15) is 0 Å². The van der Waals surface area contributed by atoms with Gasteiger partial charge in [-0.15, -0.1) is 0 Å². The first-order valence-electron chi connectivity index (χ1n) is 8.00. The minimum absolute atomic E-state index is 0.00742. The van der Waals surface area contributed by atoms with Crippen LogP contribution in [0.25, 0.3) is 6.08 Å². The lowest BCUT2D eigenvalue weighted by Crippen LogP contribution is -2.44. The Morgan fingerprint density at radius 1 is 1.41 bits per heavy atom. The summed E-state index contributed by atoms with van der Waals surface area (Å²) in [6.45, 7) is 2.85. The molecule has 1 aliphatic heterocycles. The number of aliphatic hydroxyl groups is 1. The molecule has 2 rings (SSSR count). The predicted octanol–water partition coefficient (Wildman–Crippen LogP) is 1.86. The number of carbonyl (C=O) groups excluding carboxylic acids is 1. The van der Waals surface area contributed by atoms with Crippen LogP contribution in [0.3, 0.4) is 0 Å². The lowest BCUT2D eigenvalue weighted by molar-refractivity contribution is -0.137. The van der Waals surface area contributed by atoms with E-state index in [1.807, 2.05) is 42.5 Å². The largest absolute Gasteiger partial charge is 0.395 e. The van der Waals surface area contributed by atoms with Gasteiger partial charge in [-0.2, -0.15) is 0 Å². The van der Waals surface area contributed by atoms with Crippen molar-refractivity contribution in [3.05, 3.63) is 42.0 Å². The second-order valence-electron chi connectivity index (χ2n) is 5.92. The number of rotatable bonds is 6. The quantitative estimate of drug-likeness (QED) is 0.872. The van der Waals surface area contributed by atoms with Gasteiger partial charge >= 0.3 is 0 Å². The summed E-state index contributed by atoms with van der Waals surface area (Å²) in [6, 6.07) is 10.0. The monoisotopic (exact) mass is 302 g/mol. The van der Waals surface area contributed by atoms with E-state index >= 15 is 0 Å². The molecule has 1 aliphatic rings. The Hall–Kier alpha value is -1.65. The molecular formula is C18H26N2O2. The van der Waals surface area contributed by atoms with Gasteiger partial charge in [0.25, 0.3) is 0 Å². The van der Waals surface area contributed by atoms with Crippen LogP contribution in [0, 0.1) is 5.92 Å². The van der Waals surface area contributed by atoms with Crippen molar-refractivity contribution in [1.82, 2.24) is 9.80 Å². The average molecular weight is 302 g/mol. The SMILES string of the molecule is CN1CCC[C@@H](C(=O)N(C/C=C/c2ccccc2)CCO)C1. The predicted molar refractivity (Wildman–Crippen MR) is 89.4 cm³/mol. The first-order chi connectivity index (χ1) is 10.7. The zero-order valence-corrected chi connectivity index (χ0v) is 13.3. The molecule has 22 heavy (non-hydrogen) atoms. The van der Waals surface area contributed by atoms with Crippen LogP contribution in [0.1, 0.15) is 18.4 Å². The summed E-state index contributed by atoms with van der Waals surface area (Å²) in [5, 5.41) is 9.22. The first kappa shape index (κ1) is 16.7. The number of carbonyl (C=O) groups is 1. The molecule has 1 saturated heterocycles. The summed E-state index contributed by atoms with van der Waals surface area (Å²) in [6.07, 6.45) is 6.04. The van der Waals surface area contributed by atoms with Gasteiger partial charge in [-0.1, -0.05) is 42.5 Å². The van der Waals surface area contributed by atoms with Gasteiger partial charge in [0.2, 0.25) is 5.91 Å². The highest BCUT2D eigenvalue weighted by molar-refractivity contribution is 5.79. The van der Waals surface area contributed by atoms with E-state index in [0.717, 1.165) is 31.5 Å².